The van der Waals surface area contributed by atoms with Crippen molar-refractivity contribution in [3.8, 4) is 0 Å². The predicted molar refractivity (Wildman–Crippen MR) is 282 cm³/mol. The topological polar surface area (TPSA) is 35.1 Å². The molecule has 0 bridgehead atoms. The molecule has 1 unspecified atom stereocenters. The first-order chi connectivity index (χ1) is 31.6. The van der Waals surface area contributed by atoms with Gasteiger partial charge < -0.3 is 21.7 Å². The quantitative estimate of drug-likeness (QED) is 0.0370. The lowest BCUT2D eigenvalue weighted by molar-refractivity contribution is -0.671. The van der Waals surface area contributed by atoms with Crippen LogP contribution < -0.4 is 21.5 Å². The van der Waals surface area contributed by atoms with E-state index in [1.165, 1.54) is 289 Å². The van der Waals surface area contributed by atoms with E-state index in [0.717, 1.165) is 31.7 Å². The average molecular weight is 979 g/mol. The van der Waals surface area contributed by atoms with Crippen molar-refractivity contribution in [2.24, 2.45) is 13.0 Å². The maximum atomic E-state index is 13.0. The third-order valence-corrected chi connectivity index (χ3v) is 14.6. The lowest BCUT2D eigenvalue weighted by Gasteiger charge is -2.20. The van der Waals surface area contributed by atoms with E-state index in [9.17, 15) is 4.79 Å². The first kappa shape index (κ1) is 64.2. The highest BCUT2D eigenvalue weighted by Gasteiger charge is 2.16. The molecule has 0 N–H and O–H groups in total. The van der Waals surface area contributed by atoms with Gasteiger partial charge in [-0.3, -0.25) is 4.79 Å². The van der Waals surface area contributed by atoms with E-state index < -0.39 is 0 Å². The van der Waals surface area contributed by atoms with E-state index in [1.807, 2.05) is 7.05 Å². The van der Waals surface area contributed by atoms with E-state index in [-0.39, 0.29) is 29.1 Å². The van der Waals surface area contributed by atoms with Gasteiger partial charge in [-0.1, -0.05) is 297 Å². The van der Waals surface area contributed by atoms with Gasteiger partial charge in [0.25, 0.3) is 0 Å². The number of imidazole rings is 1. The molecule has 0 spiro atoms. The Kier molecular flexibility index (Phi) is 51.9. The molecule has 4 nitrogen and oxygen atoms in total. The maximum Gasteiger partial charge on any atom is 0.306 e. The highest BCUT2D eigenvalue weighted by molar-refractivity contribution is 5.69. The molecule has 1 heterocycles. The predicted octanol–water partition coefficient (Wildman–Crippen LogP) is 17.0. The van der Waals surface area contributed by atoms with Gasteiger partial charge >= 0.3 is 5.97 Å². The van der Waals surface area contributed by atoms with Crippen molar-refractivity contribution in [3.05, 3.63) is 18.7 Å². The lowest BCUT2D eigenvalue weighted by atomic mass is 9.89. The SMILES string of the molecule is CCCCCCCCCCCCCCCCCCC(CCCCCCCCCCCCCCCCCC)CCCCC(CCCCCCCCCC)OC(=O)CCCn1cc[n+](C)c1.[Br-]. The number of rotatable bonds is 53. The Labute approximate surface area is 419 Å². The van der Waals surface area contributed by atoms with E-state index in [2.05, 4.69) is 48.6 Å². The summed E-state index contributed by atoms with van der Waals surface area (Å²) < 4.78 is 10.5. The number of hydrogen-bond donors (Lipinski definition) is 0. The first-order valence-electron chi connectivity index (χ1n) is 29.8. The molecule has 0 aliphatic rings. The van der Waals surface area contributed by atoms with Crippen LogP contribution in [0.2, 0.25) is 0 Å². The molecule has 0 aromatic carbocycles. The fourth-order valence-electron chi connectivity index (χ4n) is 10.3. The van der Waals surface area contributed by atoms with Crippen LogP contribution in [-0.4, -0.2) is 16.6 Å². The number of hydrogen-bond acceptors (Lipinski definition) is 2. The van der Waals surface area contributed by atoms with Crippen LogP contribution in [0.4, 0.5) is 0 Å². The largest absolute Gasteiger partial charge is 1.00 e. The number of unbranched alkanes of at least 4 members (excludes halogenated alkanes) is 38. The van der Waals surface area contributed by atoms with Crippen LogP contribution in [0, 0.1) is 5.92 Å². The first-order valence-corrected chi connectivity index (χ1v) is 29.8. The third-order valence-electron chi connectivity index (χ3n) is 14.6. The van der Waals surface area contributed by atoms with Crippen LogP contribution in [0.15, 0.2) is 18.7 Å². The highest BCUT2D eigenvalue weighted by atomic mass is 79.9. The van der Waals surface area contributed by atoms with Crippen molar-refractivity contribution in [3.63, 3.8) is 0 Å². The summed E-state index contributed by atoms with van der Waals surface area (Å²) in [5.41, 5.74) is 0. The number of aryl methyl sites for hydroxylation is 2. The second-order valence-electron chi connectivity index (χ2n) is 21.1. The van der Waals surface area contributed by atoms with Crippen molar-refractivity contribution in [1.29, 1.82) is 0 Å². The lowest BCUT2D eigenvalue weighted by Crippen LogP contribution is -3.00. The molecule has 1 atom stereocenters. The molecule has 0 radical (unpaired) electrons. The minimum atomic E-state index is 0. The average Bonchev–Trinajstić information content (AvgIpc) is 3.72. The van der Waals surface area contributed by atoms with Gasteiger partial charge in [-0.05, 0) is 38.0 Å². The fraction of sp³-hybridized carbons (Fsp3) is 0.933. The Morgan fingerprint density at radius 3 is 1.00 bits per heavy atom. The number of aromatic nitrogens is 2. The Hall–Kier alpha value is -0.840. The third kappa shape index (κ3) is 46.7. The van der Waals surface area contributed by atoms with E-state index in [4.69, 9.17) is 4.74 Å². The molecule has 0 amide bonds. The highest BCUT2D eigenvalue weighted by Crippen LogP contribution is 2.26. The number of halogens is 1. The molecule has 1 aromatic rings. The molecule has 0 saturated carbocycles. The fourth-order valence-corrected chi connectivity index (χ4v) is 10.3. The van der Waals surface area contributed by atoms with Crippen LogP contribution >= 0.6 is 0 Å². The zero-order chi connectivity index (χ0) is 46.1. The molecule has 0 saturated heterocycles. The standard InChI is InChI=1S/C60H117N2O2.BrH/c1-5-8-11-14-17-20-22-24-26-28-30-32-34-36-39-42-48-58(49-43-40-37-35-33-31-29-27-25-23-21-18-15-12-9-6-2)50-45-46-52-59(51-44-41-38-19-16-13-10-7-3)64-60(63)53-47-54-62-56-55-61(4)57-62;/h55-59H,5-54H2,1-4H3;1H/q+1;/p-1. The summed E-state index contributed by atoms with van der Waals surface area (Å²) in [6.45, 7) is 7.80. The summed E-state index contributed by atoms with van der Waals surface area (Å²) in [6.07, 6.45) is 73.6. The van der Waals surface area contributed by atoms with Crippen molar-refractivity contribution in [2.45, 2.75) is 348 Å². The zero-order valence-electron chi connectivity index (χ0n) is 44.8. The monoisotopic (exact) mass is 977 g/mol. The summed E-state index contributed by atoms with van der Waals surface area (Å²) in [7, 11) is 2.05. The van der Waals surface area contributed by atoms with E-state index in [0.29, 0.717) is 6.42 Å². The molecular formula is C60H117BrN2O2. The summed E-state index contributed by atoms with van der Waals surface area (Å²) in [6, 6.07) is 0. The van der Waals surface area contributed by atoms with Crippen LogP contribution in [0.3, 0.4) is 0 Å². The summed E-state index contributed by atoms with van der Waals surface area (Å²) >= 11 is 0. The van der Waals surface area contributed by atoms with Gasteiger partial charge in [-0.15, -0.1) is 0 Å². The smallest absolute Gasteiger partial charge is 0.306 e. The molecule has 0 aliphatic carbocycles. The van der Waals surface area contributed by atoms with E-state index >= 15 is 0 Å². The summed E-state index contributed by atoms with van der Waals surface area (Å²) in [5, 5.41) is 0. The van der Waals surface area contributed by atoms with Gasteiger partial charge in [0.05, 0.1) is 13.6 Å². The van der Waals surface area contributed by atoms with Crippen LogP contribution in [0.25, 0.3) is 0 Å². The zero-order valence-corrected chi connectivity index (χ0v) is 46.4. The van der Waals surface area contributed by atoms with Crippen LogP contribution in [-0.2, 0) is 23.1 Å². The Morgan fingerprint density at radius 1 is 0.415 bits per heavy atom. The van der Waals surface area contributed by atoms with Gasteiger partial charge in [0, 0.05) is 6.42 Å². The molecule has 0 aliphatic heterocycles. The van der Waals surface area contributed by atoms with Gasteiger partial charge in [-0.2, -0.15) is 0 Å². The van der Waals surface area contributed by atoms with Gasteiger partial charge in [0.2, 0.25) is 6.33 Å². The molecular weight excluding hydrogens is 861 g/mol. The second-order valence-corrected chi connectivity index (χ2v) is 21.1. The number of carbonyl (C=O) groups excluding carboxylic acids is 1. The van der Waals surface area contributed by atoms with Crippen molar-refractivity contribution < 1.29 is 31.1 Å². The number of carbonyl (C=O) groups is 1. The van der Waals surface area contributed by atoms with Crippen LogP contribution in [0.5, 0.6) is 0 Å². The van der Waals surface area contributed by atoms with Gasteiger partial charge in [0.1, 0.15) is 18.5 Å². The van der Waals surface area contributed by atoms with E-state index in [1.54, 1.807) is 0 Å². The van der Waals surface area contributed by atoms with Crippen molar-refractivity contribution >= 4 is 5.97 Å². The molecule has 0 fully saturated rings. The van der Waals surface area contributed by atoms with Crippen molar-refractivity contribution in [1.82, 2.24) is 4.57 Å². The minimum Gasteiger partial charge on any atom is -1.00 e. The minimum absolute atomic E-state index is 0. The summed E-state index contributed by atoms with van der Waals surface area (Å²) in [5.74, 6) is 0.911. The Morgan fingerprint density at radius 2 is 0.692 bits per heavy atom. The molecule has 65 heavy (non-hydrogen) atoms. The molecule has 1 aromatic heterocycles. The number of ether oxygens (including phenoxy) is 1. The molecule has 1 rings (SSSR count). The van der Waals surface area contributed by atoms with Crippen molar-refractivity contribution in [2.75, 3.05) is 0 Å². The normalized spacial score (nSPS) is 12.0. The summed E-state index contributed by atoms with van der Waals surface area (Å²) in [4.78, 5) is 13.0. The maximum absolute atomic E-state index is 13.0. The molecule has 386 valence electrons. The van der Waals surface area contributed by atoms with Gasteiger partial charge in [-0.25, -0.2) is 9.13 Å². The van der Waals surface area contributed by atoms with Crippen LogP contribution in [0.1, 0.15) is 335 Å². The Balaban J connectivity index is 0.0000410. The number of esters is 1. The Bertz CT molecular complexity index is 1020. The molecule has 5 heteroatoms. The number of nitrogens with zero attached hydrogens (tertiary/aromatic N) is 2. The van der Waals surface area contributed by atoms with Gasteiger partial charge in [0.15, 0.2) is 0 Å². The second kappa shape index (κ2) is 52.5.